The lowest BCUT2D eigenvalue weighted by Crippen LogP contribution is -2.26. The number of hydrogen-bond acceptors (Lipinski definition) is 6. The number of amides is 1. The van der Waals surface area contributed by atoms with Crippen LogP contribution in [0.4, 0.5) is 10.8 Å². The van der Waals surface area contributed by atoms with E-state index in [0.717, 1.165) is 16.5 Å². The molecule has 1 aromatic carbocycles. The quantitative estimate of drug-likeness (QED) is 0.766. The van der Waals surface area contributed by atoms with Crippen molar-refractivity contribution in [2.75, 3.05) is 19.0 Å². The fourth-order valence-electron chi connectivity index (χ4n) is 1.73. The van der Waals surface area contributed by atoms with Gasteiger partial charge in [0.05, 0.1) is 12.2 Å². The average molecular weight is 319 g/mol. The Balaban J connectivity index is 1.91. The van der Waals surface area contributed by atoms with Crippen LogP contribution >= 0.6 is 11.3 Å². The van der Waals surface area contributed by atoms with Gasteiger partial charge < -0.3 is 15.4 Å². The molecule has 0 bridgehead atoms. The summed E-state index contributed by atoms with van der Waals surface area (Å²) in [7, 11) is 1.47. The lowest BCUT2D eigenvalue weighted by atomic mass is 10.1. The van der Waals surface area contributed by atoms with Crippen molar-refractivity contribution in [3.8, 4) is 0 Å². The number of methoxy groups -OCH3 is 1. The molecule has 1 heterocycles. The van der Waals surface area contributed by atoms with Gasteiger partial charge in [0.25, 0.3) is 0 Å². The molecule has 0 radical (unpaired) electrons. The van der Waals surface area contributed by atoms with Crippen LogP contribution in [0.15, 0.2) is 29.6 Å². The van der Waals surface area contributed by atoms with Crippen LogP contribution in [0, 0.1) is 0 Å². The number of anilines is 2. The molecule has 116 valence electrons. The van der Waals surface area contributed by atoms with Crippen molar-refractivity contribution in [2.45, 2.75) is 13.5 Å². The number of carbonyl (C=O) groups excluding carboxylic acids is 2. The number of benzene rings is 1. The van der Waals surface area contributed by atoms with Gasteiger partial charge in [-0.1, -0.05) is 0 Å². The number of aromatic nitrogens is 1. The van der Waals surface area contributed by atoms with E-state index in [1.165, 1.54) is 25.4 Å². The third-order valence-electron chi connectivity index (χ3n) is 2.84. The molecular formula is C15H17N3O3S. The Labute approximate surface area is 132 Å². The molecule has 0 unspecified atom stereocenters. The highest BCUT2D eigenvalue weighted by molar-refractivity contribution is 7.13. The zero-order valence-electron chi connectivity index (χ0n) is 12.4. The molecule has 0 saturated carbocycles. The molecule has 0 atom stereocenters. The standard InChI is InChI=1S/C15H17N3O3S/c1-10(19)11-3-5-12(6-4-11)17-15-18-13(9-22-15)7-16-14(20)8-21-2/h3-6,9H,7-8H2,1-2H3,(H,16,20)(H,17,18). The zero-order valence-corrected chi connectivity index (χ0v) is 13.2. The molecule has 2 aromatic rings. The minimum atomic E-state index is -0.176. The second kappa shape index (κ2) is 7.67. The summed E-state index contributed by atoms with van der Waals surface area (Å²) in [5.74, 6) is -0.139. The van der Waals surface area contributed by atoms with Crippen molar-refractivity contribution in [3.05, 3.63) is 40.9 Å². The fourth-order valence-corrected chi connectivity index (χ4v) is 2.46. The molecule has 22 heavy (non-hydrogen) atoms. The predicted molar refractivity (Wildman–Crippen MR) is 85.6 cm³/mol. The van der Waals surface area contributed by atoms with Gasteiger partial charge >= 0.3 is 0 Å². The number of rotatable bonds is 7. The van der Waals surface area contributed by atoms with Gasteiger partial charge in [-0.25, -0.2) is 4.98 Å². The normalized spacial score (nSPS) is 10.3. The fraction of sp³-hybridized carbons (Fsp3) is 0.267. The summed E-state index contributed by atoms with van der Waals surface area (Å²) in [5, 5.41) is 8.48. The Kier molecular flexibility index (Phi) is 5.62. The highest BCUT2D eigenvalue weighted by atomic mass is 32.1. The van der Waals surface area contributed by atoms with Crippen molar-refractivity contribution < 1.29 is 14.3 Å². The molecule has 0 fully saturated rings. The summed E-state index contributed by atoms with van der Waals surface area (Å²) in [5.41, 5.74) is 2.30. The van der Waals surface area contributed by atoms with E-state index < -0.39 is 0 Å². The second-order valence-corrected chi connectivity index (χ2v) is 5.47. The van der Waals surface area contributed by atoms with Crippen LogP contribution in [0.25, 0.3) is 0 Å². The van der Waals surface area contributed by atoms with Gasteiger partial charge in [0.1, 0.15) is 6.61 Å². The first-order chi connectivity index (χ1) is 10.6. The number of ether oxygens (including phenoxy) is 1. The SMILES string of the molecule is COCC(=O)NCc1csc(Nc2ccc(C(C)=O)cc2)n1. The van der Waals surface area contributed by atoms with Gasteiger partial charge in [-0.15, -0.1) is 11.3 Å². The van der Waals surface area contributed by atoms with E-state index in [4.69, 9.17) is 4.74 Å². The van der Waals surface area contributed by atoms with Crippen LogP contribution in [-0.4, -0.2) is 30.4 Å². The minimum absolute atomic E-state index is 0.0369. The Morgan fingerprint density at radius 2 is 2.00 bits per heavy atom. The largest absolute Gasteiger partial charge is 0.375 e. The predicted octanol–water partition coefficient (Wildman–Crippen LogP) is 2.35. The average Bonchev–Trinajstić information content (AvgIpc) is 2.93. The third-order valence-corrected chi connectivity index (χ3v) is 3.64. The summed E-state index contributed by atoms with van der Waals surface area (Å²) in [6, 6.07) is 7.20. The first-order valence-electron chi connectivity index (χ1n) is 6.66. The van der Waals surface area contributed by atoms with Crippen LogP contribution in [0.1, 0.15) is 23.0 Å². The van der Waals surface area contributed by atoms with Gasteiger partial charge in [-0.05, 0) is 31.2 Å². The number of ketones is 1. The van der Waals surface area contributed by atoms with E-state index in [1.807, 2.05) is 17.5 Å². The summed E-state index contributed by atoms with van der Waals surface area (Å²) in [6.45, 7) is 1.94. The van der Waals surface area contributed by atoms with E-state index in [-0.39, 0.29) is 18.3 Å². The Hall–Kier alpha value is -2.25. The number of hydrogen-bond donors (Lipinski definition) is 2. The molecule has 6 nitrogen and oxygen atoms in total. The summed E-state index contributed by atoms with van der Waals surface area (Å²) in [4.78, 5) is 26.9. The molecule has 7 heteroatoms. The number of carbonyl (C=O) groups is 2. The monoisotopic (exact) mass is 319 g/mol. The lowest BCUT2D eigenvalue weighted by molar-refractivity contribution is -0.124. The Bertz CT molecular complexity index is 652. The first-order valence-corrected chi connectivity index (χ1v) is 7.54. The van der Waals surface area contributed by atoms with Crippen molar-refractivity contribution in [3.63, 3.8) is 0 Å². The smallest absolute Gasteiger partial charge is 0.246 e. The zero-order chi connectivity index (χ0) is 15.9. The maximum absolute atomic E-state index is 11.3. The van der Waals surface area contributed by atoms with Crippen LogP contribution in [0.2, 0.25) is 0 Å². The Morgan fingerprint density at radius 1 is 1.27 bits per heavy atom. The van der Waals surface area contributed by atoms with Gasteiger partial charge in [-0.2, -0.15) is 0 Å². The lowest BCUT2D eigenvalue weighted by Gasteiger charge is -2.03. The maximum Gasteiger partial charge on any atom is 0.246 e. The van der Waals surface area contributed by atoms with E-state index in [1.54, 1.807) is 12.1 Å². The van der Waals surface area contributed by atoms with E-state index in [2.05, 4.69) is 15.6 Å². The number of nitrogens with one attached hydrogen (secondary N) is 2. The third kappa shape index (κ3) is 4.64. The van der Waals surface area contributed by atoms with Crippen molar-refractivity contribution >= 4 is 33.8 Å². The van der Waals surface area contributed by atoms with E-state index in [0.29, 0.717) is 12.1 Å². The van der Waals surface area contributed by atoms with Crippen LogP contribution in [0.3, 0.4) is 0 Å². The maximum atomic E-state index is 11.3. The summed E-state index contributed by atoms with van der Waals surface area (Å²) < 4.78 is 4.74. The van der Waals surface area contributed by atoms with Crippen molar-refractivity contribution in [2.24, 2.45) is 0 Å². The number of Topliss-reactive ketones (excluding diaryl/α,β-unsaturated/α-hetero) is 1. The van der Waals surface area contributed by atoms with Gasteiger partial charge in [0.2, 0.25) is 5.91 Å². The number of nitrogens with zero attached hydrogens (tertiary/aromatic N) is 1. The van der Waals surface area contributed by atoms with Crippen LogP contribution in [0.5, 0.6) is 0 Å². The van der Waals surface area contributed by atoms with E-state index in [9.17, 15) is 9.59 Å². The summed E-state index contributed by atoms with van der Waals surface area (Å²) in [6.07, 6.45) is 0. The molecule has 0 spiro atoms. The minimum Gasteiger partial charge on any atom is -0.375 e. The van der Waals surface area contributed by atoms with Crippen LogP contribution in [-0.2, 0) is 16.1 Å². The molecule has 1 amide bonds. The molecule has 0 aliphatic carbocycles. The number of thiazole rings is 1. The molecular weight excluding hydrogens is 302 g/mol. The highest BCUT2D eigenvalue weighted by Gasteiger charge is 2.05. The molecule has 2 N–H and O–H groups in total. The molecule has 0 aliphatic rings. The van der Waals surface area contributed by atoms with Gasteiger partial charge in [0.15, 0.2) is 10.9 Å². The van der Waals surface area contributed by atoms with Crippen LogP contribution < -0.4 is 10.6 Å². The topological polar surface area (TPSA) is 80.3 Å². The van der Waals surface area contributed by atoms with Gasteiger partial charge in [-0.3, -0.25) is 9.59 Å². The van der Waals surface area contributed by atoms with Crippen molar-refractivity contribution in [1.82, 2.24) is 10.3 Å². The van der Waals surface area contributed by atoms with E-state index >= 15 is 0 Å². The Morgan fingerprint density at radius 3 is 2.64 bits per heavy atom. The van der Waals surface area contributed by atoms with Crippen molar-refractivity contribution in [1.29, 1.82) is 0 Å². The molecule has 0 saturated heterocycles. The molecule has 2 rings (SSSR count). The molecule has 0 aliphatic heterocycles. The summed E-state index contributed by atoms with van der Waals surface area (Å²) >= 11 is 1.45. The second-order valence-electron chi connectivity index (χ2n) is 4.61. The highest BCUT2D eigenvalue weighted by Crippen LogP contribution is 2.21. The molecule has 1 aromatic heterocycles. The first kappa shape index (κ1) is 16.1. The van der Waals surface area contributed by atoms with Gasteiger partial charge in [0, 0.05) is 23.7 Å².